The Morgan fingerprint density at radius 2 is 2.06 bits per heavy atom. The van der Waals surface area contributed by atoms with Crippen LogP contribution in [0.2, 0.25) is 0 Å². The molecule has 0 N–H and O–H groups in total. The highest BCUT2D eigenvalue weighted by atomic mass is 16.6. The third kappa shape index (κ3) is 2.47. The number of epoxide rings is 2. The minimum absolute atomic E-state index is 0.0372. The van der Waals surface area contributed by atoms with Crippen molar-refractivity contribution in [1.82, 2.24) is 4.90 Å². The van der Waals surface area contributed by atoms with E-state index in [9.17, 15) is 4.79 Å². The molecular weight excluding hydrogens is 210 g/mol. The predicted molar refractivity (Wildman–Crippen MR) is 57.3 cm³/mol. The average molecular weight is 229 g/mol. The summed E-state index contributed by atoms with van der Waals surface area (Å²) < 4.78 is 16.0. The number of carbonyl (C=O) groups excluding carboxylic acids is 1. The van der Waals surface area contributed by atoms with Gasteiger partial charge in [0.05, 0.1) is 18.3 Å². The van der Waals surface area contributed by atoms with E-state index in [0.29, 0.717) is 13.2 Å². The Morgan fingerprint density at radius 3 is 2.44 bits per heavy atom. The standard InChI is InChI=1S/C11H19NO4/c1-10(2)8(16-10)5-11(7-15-11)6-14-9(13)12(3)4/h8H,5-7H2,1-4H3/t8-,11+/m1/s1. The maximum absolute atomic E-state index is 11.3. The van der Waals surface area contributed by atoms with Crippen LogP contribution in [0.4, 0.5) is 4.79 Å². The molecule has 92 valence electrons. The molecule has 2 saturated heterocycles. The van der Waals surface area contributed by atoms with Gasteiger partial charge in [0.15, 0.2) is 0 Å². The van der Waals surface area contributed by atoms with Crippen LogP contribution in [-0.2, 0) is 14.2 Å². The van der Waals surface area contributed by atoms with E-state index in [0.717, 1.165) is 6.42 Å². The number of hydrogen-bond donors (Lipinski definition) is 0. The normalized spacial score (nSPS) is 34.4. The van der Waals surface area contributed by atoms with Crippen LogP contribution >= 0.6 is 0 Å². The number of nitrogens with zero attached hydrogens (tertiary/aromatic N) is 1. The summed E-state index contributed by atoms with van der Waals surface area (Å²) in [5.41, 5.74) is -0.325. The molecule has 2 heterocycles. The third-order valence-corrected chi connectivity index (χ3v) is 3.10. The Bertz CT molecular complexity index is 296. The molecule has 1 amide bonds. The van der Waals surface area contributed by atoms with E-state index in [1.165, 1.54) is 4.90 Å². The number of hydrogen-bond acceptors (Lipinski definition) is 4. The summed E-state index contributed by atoms with van der Waals surface area (Å²) in [7, 11) is 3.33. The fraction of sp³-hybridized carbons (Fsp3) is 0.909. The van der Waals surface area contributed by atoms with Crippen LogP contribution in [0.15, 0.2) is 0 Å². The van der Waals surface area contributed by atoms with Gasteiger partial charge in [-0.1, -0.05) is 0 Å². The zero-order valence-electron chi connectivity index (χ0n) is 10.3. The lowest BCUT2D eigenvalue weighted by atomic mass is 9.99. The van der Waals surface area contributed by atoms with Crippen LogP contribution in [0.1, 0.15) is 20.3 Å². The summed E-state index contributed by atoms with van der Waals surface area (Å²) in [4.78, 5) is 12.7. The molecule has 0 aliphatic carbocycles. The molecule has 2 aliphatic heterocycles. The zero-order chi connectivity index (χ0) is 12.0. The van der Waals surface area contributed by atoms with Crippen molar-refractivity contribution in [3.05, 3.63) is 0 Å². The first-order chi connectivity index (χ1) is 7.35. The quantitative estimate of drug-likeness (QED) is 0.675. The van der Waals surface area contributed by atoms with Gasteiger partial charge in [0.2, 0.25) is 0 Å². The van der Waals surface area contributed by atoms with Crippen molar-refractivity contribution in [2.45, 2.75) is 37.6 Å². The van der Waals surface area contributed by atoms with Gasteiger partial charge in [-0.25, -0.2) is 4.79 Å². The maximum Gasteiger partial charge on any atom is 0.409 e. The predicted octanol–water partition coefficient (Wildman–Crippen LogP) is 1.02. The fourth-order valence-electron chi connectivity index (χ4n) is 1.64. The highest BCUT2D eigenvalue weighted by Crippen LogP contribution is 2.45. The SMILES string of the molecule is CN(C)C(=O)OC[C@@]1(C[C@H]2OC2(C)C)CO1. The topological polar surface area (TPSA) is 54.6 Å². The molecular formula is C11H19NO4. The summed E-state index contributed by atoms with van der Waals surface area (Å²) in [6.07, 6.45) is 0.708. The molecule has 0 spiro atoms. The van der Waals surface area contributed by atoms with E-state index in [-0.39, 0.29) is 23.4 Å². The van der Waals surface area contributed by atoms with Gasteiger partial charge < -0.3 is 19.1 Å². The van der Waals surface area contributed by atoms with Crippen LogP contribution in [0, 0.1) is 0 Å². The van der Waals surface area contributed by atoms with Crippen LogP contribution in [0.3, 0.4) is 0 Å². The van der Waals surface area contributed by atoms with Gasteiger partial charge in [-0.2, -0.15) is 0 Å². The van der Waals surface area contributed by atoms with Crippen molar-refractivity contribution >= 4 is 6.09 Å². The molecule has 0 unspecified atom stereocenters. The van der Waals surface area contributed by atoms with E-state index < -0.39 is 0 Å². The summed E-state index contributed by atoms with van der Waals surface area (Å²) in [5, 5.41) is 0. The van der Waals surface area contributed by atoms with E-state index in [2.05, 4.69) is 13.8 Å². The first-order valence-electron chi connectivity index (χ1n) is 5.51. The Labute approximate surface area is 95.6 Å². The van der Waals surface area contributed by atoms with Gasteiger partial charge in [-0.05, 0) is 13.8 Å². The lowest BCUT2D eigenvalue weighted by Crippen LogP contribution is -2.30. The Morgan fingerprint density at radius 1 is 1.50 bits per heavy atom. The molecule has 0 saturated carbocycles. The zero-order valence-corrected chi connectivity index (χ0v) is 10.3. The van der Waals surface area contributed by atoms with Crippen molar-refractivity contribution < 1.29 is 19.0 Å². The maximum atomic E-state index is 11.3. The highest BCUT2D eigenvalue weighted by molar-refractivity contribution is 5.66. The monoisotopic (exact) mass is 229 g/mol. The van der Waals surface area contributed by atoms with Gasteiger partial charge in [-0.3, -0.25) is 0 Å². The first-order valence-corrected chi connectivity index (χ1v) is 5.51. The van der Waals surface area contributed by atoms with Crippen molar-refractivity contribution in [1.29, 1.82) is 0 Å². The molecule has 0 aromatic carbocycles. The summed E-state index contributed by atoms with van der Waals surface area (Å²) in [5.74, 6) is 0. The van der Waals surface area contributed by atoms with Crippen LogP contribution in [0.5, 0.6) is 0 Å². The Hall–Kier alpha value is -0.810. The Balaban J connectivity index is 1.75. The molecule has 2 rings (SSSR count). The second kappa shape index (κ2) is 3.60. The summed E-state index contributed by atoms with van der Waals surface area (Å²) in [6.45, 7) is 5.09. The van der Waals surface area contributed by atoms with E-state index in [1.807, 2.05) is 0 Å². The molecule has 2 aliphatic rings. The van der Waals surface area contributed by atoms with Crippen LogP contribution < -0.4 is 0 Å². The van der Waals surface area contributed by atoms with Gasteiger partial charge in [0.1, 0.15) is 12.2 Å². The largest absolute Gasteiger partial charge is 0.446 e. The van der Waals surface area contributed by atoms with Crippen molar-refractivity contribution in [2.75, 3.05) is 27.3 Å². The van der Waals surface area contributed by atoms with Gasteiger partial charge in [0.25, 0.3) is 0 Å². The molecule has 0 aromatic heterocycles. The van der Waals surface area contributed by atoms with Crippen LogP contribution in [-0.4, -0.2) is 55.6 Å². The summed E-state index contributed by atoms with van der Waals surface area (Å²) in [6, 6.07) is 0. The molecule has 0 bridgehead atoms. The minimum Gasteiger partial charge on any atom is -0.446 e. The number of ether oxygens (including phenoxy) is 3. The Kier molecular flexibility index (Phi) is 2.62. The van der Waals surface area contributed by atoms with Crippen molar-refractivity contribution in [2.24, 2.45) is 0 Å². The van der Waals surface area contributed by atoms with E-state index in [4.69, 9.17) is 14.2 Å². The number of amides is 1. The third-order valence-electron chi connectivity index (χ3n) is 3.10. The minimum atomic E-state index is -0.328. The number of rotatable bonds is 4. The average Bonchev–Trinajstić information content (AvgIpc) is 3.05. The smallest absolute Gasteiger partial charge is 0.409 e. The van der Waals surface area contributed by atoms with Crippen molar-refractivity contribution in [3.63, 3.8) is 0 Å². The van der Waals surface area contributed by atoms with Crippen LogP contribution in [0.25, 0.3) is 0 Å². The summed E-state index contributed by atoms with van der Waals surface area (Å²) >= 11 is 0. The molecule has 16 heavy (non-hydrogen) atoms. The van der Waals surface area contributed by atoms with Gasteiger partial charge >= 0.3 is 6.09 Å². The van der Waals surface area contributed by atoms with Gasteiger partial charge in [-0.15, -0.1) is 0 Å². The second-order valence-corrected chi connectivity index (χ2v) is 5.33. The fourth-order valence-corrected chi connectivity index (χ4v) is 1.64. The second-order valence-electron chi connectivity index (χ2n) is 5.33. The lowest BCUT2D eigenvalue weighted by Gasteiger charge is -2.14. The van der Waals surface area contributed by atoms with E-state index >= 15 is 0 Å². The highest BCUT2D eigenvalue weighted by Gasteiger charge is 2.57. The molecule has 0 aromatic rings. The lowest BCUT2D eigenvalue weighted by molar-refractivity contribution is 0.0832. The van der Waals surface area contributed by atoms with E-state index in [1.54, 1.807) is 14.1 Å². The van der Waals surface area contributed by atoms with Gasteiger partial charge in [0, 0.05) is 20.5 Å². The number of carbonyl (C=O) groups is 1. The molecule has 5 heteroatoms. The molecule has 2 atom stereocenters. The van der Waals surface area contributed by atoms with Crippen molar-refractivity contribution in [3.8, 4) is 0 Å². The molecule has 2 fully saturated rings. The molecule has 0 radical (unpaired) electrons. The molecule has 5 nitrogen and oxygen atoms in total. The first kappa shape index (κ1) is 11.7.